The SMILES string of the molecule is Cc1nn(C)c(Cl)c1SNc1ccc(F)c(-n2c(=O)c3cnc(N)nc3n(C3CC3)c2=O)c1F. The lowest BCUT2D eigenvalue weighted by Gasteiger charge is -2.15. The van der Waals surface area contributed by atoms with E-state index in [0.29, 0.717) is 33.2 Å². The van der Waals surface area contributed by atoms with Crippen molar-refractivity contribution >= 4 is 46.2 Å². The summed E-state index contributed by atoms with van der Waals surface area (Å²) in [5, 5.41) is 4.42. The maximum atomic E-state index is 15.6. The van der Waals surface area contributed by atoms with Gasteiger partial charge in [0.1, 0.15) is 16.2 Å². The lowest BCUT2D eigenvalue weighted by molar-refractivity contribution is 0.557. The summed E-state index contributed by atoms with van der Waals surface area (Å²) in [6.07, 6.45) is 2.47. The molecule has 4 aromatic rings. The van der Waals surface area contributed by atoms with Crippen LogP contribution in [0, 0.1) is 18.6 Å². The van der Waals surface area contributed by atoms with E-state index in [2.05, 4.69) is 19.8 Å². The van der Waals surface area contributed by atoms with Gasteiger partial charge in [0.15, 0.2) is 17.3 Å². The summed E-state index contributed by atoms with van der Waals surface area (Å²) < 4.78 is 36.4. The molecule has 0 amide bonds. The lowest BCUT2D eigenvalue weighted by atomic mass is 10.2. The van der Waals surface area contributed by atoms with Crippen LogP contribution in [0.2, 0.25) is 5.15 Å². The van der Waals surface area contributed by atoms with Crippen LogP contribution in [0.3, 0.4) is 0 Å². The Morgan fingerprint density at radius 2 is 2.00 bits per heavy atom. The van der Waals surface area contributed by atoms with Crippen LogP contribution >= 0.6 is 23.5 Å². The molecule has 0 bridgehead atoms. The van der Waals surface area contributed by atoms with Crippen LogP contribution in [-0.4, -0.2) is 28.9 Å². The van der Waals surface area contributed by atoms with Crippen LogP contribution in [0.1, 0.15) is 24.6 Å². The molecule has 1 aromatic carbocycles. The molecule has 0 unspecified atom stereocenters. The Morgan fingerprint density at radius 1 is 1.26 bits per heavy atom. The van der Waals surface area contributed by atoms with Crippen molar-refractivity contribution < 1.29 is 8.78 Å². The molecule has 34 heavy (non-hydrogen) atoms. The summed E-state index contributed by atoms with van der Waals surface area (Å²) in [4.78, 5) is 34.9. The average molecular weight is 507 g/mol. The van der Waals surface area contributed by atoms with Crippen molar-refractivity contribution in [2.45, 2.75) is 30.7 Å². The summed E-state index contributed by atoms with van der Waals surface area (Å²) in [5.74, 6) is -2.33. The number of anilines is 2. The maximum Gasteiger partial charge on any atom is 0.337 e. The molecule has 1 aliphatic rings. The van der Waals surface area contributed by atoms with Crippen LogP contribution in [0.25, 0.3) is 16.7 Å². The van der Waals surface area contributed by atoms with Gasteiger partial charge in [-0.25, -0.2) is 23.1 Å². The summed E-state index contributed by atoms with van der Waals surface area (Å²) in [5.41, 5.74) is 3.46. The average Bonchev–Trinajstić information content (AvgIpc) is 3.58. The first-order valence-corrected chi connectivity index (χ1v) is 11.3. The van der Waals surface area contributed by atoms with E-state index in [1.807, 2.05) is 0 Å². The summed E-state index contributed by atoms with van der Waals surface area (Å²) in [6, 6.07) is 1.88. The van der Waals surface area contributed by atoms with Gasteiger partial charge in [-0.15, -0.1) is 0 Å². The first-order chi connectivity index (χ1) is 16.2. The molecule has 1 saturated carbocycles. The number of nitrogens with two attached hydrogens (primary N) is 1. The van der Waals surface area contributed by atoms with Crippen LogP contribution in [0.4, 0.5) is 20.4 Å². The third-order valence-electron chi connectivity index (χ3n) is 5.41. The van der Waals surface area contributed by atoms with Crippen LogP contribution in [0.5, 0.6) is 0 Å². The van der Waals surface area contributed by atoms with Crippen LogP contribution in [0.15, 0.2) is 32.8 Å². The Balaban J connectivity index is 1.67. The molecule has 3 heterocycles. The van der Waals surface area contributed by atoms with E-state index in [9.17, 15) is 14.0 Å². The molecule has 10 nitrogen and oxygen atoms in total. The van der Waals surface area contributed by atoms with Crippen molar-refractivity contribution in [2.75, 3.05) is 10.5 Å². The van der Waals surface area contributed by atoms with Crippen molar-refractivity contribution in [3.05, 3.63) is 61.6 Å². The number of rotatable bonds is 5. The van der Waals surface area contributed by atoms with Crippen molar-refractivity contribution in [1.82, 2.24) is 28.9 Å². The molecule has 0 atom stereocenters. The third kappa shape index (κ3) is 3.51. The monoisotopic (exact) mass is 506 g/mol. The predicted molar refractivity (Wildman–Crippen MR) is 124 cm³/mol. The quantitative estimate of drug-likeness (QED) is 0.396. The fourth-order valence-electron chi connectivity index (χ4n) is 3.64. The van der Waals surface area contributed by atoms with E-state index < -0.39 is 28.6 Å². The fraction of sp³-hybridized carbons (Fsp3) is 0.250. The second-order valence-corrected chi connectivity index (χ2v) is 8.95. The molecule has 0 spiro atoms. The molecule has 3 aromatic heterocycles. The molecule has 176 valence electrons. The number of fused-ring (bicyclic) bond motifs is 1. The third-order valence-corrected chi connectivity index (χ3v) is 6.97. The number of aromatic nitrogens is 6. The van der Waals surface area contributed by atoms with Crippen molar-refractivity contribution in [3.8, 4) is 5.69 Å². The largest absolute Gasteiger partial charge is 0.368 e. The van der Waals surface area contributed by atoms with Gasteiger partial charge in [-0.05, 0) is 43.8 Å². The number of halogens is 3. The highest BCUT2D eigenvalue weighted by atomic mass is 35.5. The van der Waals surface area contributed by atoms with E-state index in [1.54, 1.807) is 14.0 Å². The molecule has 3 N–H and O–H groups in total. The number of nitrogens with zero attached hydrogens (tertiary/aromatic N) is 6. The Bertz CT molecular complexity index is 1590. The molecule has 1 aliphatic carbocycles. The molecule has 1 fully saturated rings. The summed E-state index contributed by atoms with van der Waals surface area (Å²) >= 11 is 7.18. The van der Waals surface area contributed by atoms with E-state index in [-0.39, 0.29) is 28.7 Å². The number of aryl methyl sites for hydroxylation is 2. The Hall–Kier alpha value is -3.45. The zero-order valence-electron chi connectivity index (χ0n) is 17.8. The molecular weight excluding hydrogens is 490 g/mol. The van der Waals surface area contributed by atoms with Gasteiger partial charge in [-0.3, -0.25) is 14.0 Å². The fourth-order valence-corrected chi connectivity index (χ4v) is 4.71. The maximum absolute atomic E-state index is 15.6. The van der Waals surface area contributed by atoms with Gasteiger partial charge in [0.2, 0.25) is 5.95 Å². The predicted octanol–water partition coefficient (Wildman–Crippen LogP) is 2.95. The topological polar surface area (TPSA) is 126 Å². The minimum Gasteiger partial charge on any atom is -0.368 e. The highest BCUT2D eigenvalue weighted by molar-refractivity contribution is 8.00. The second kappa shape index (κ2) is 8.09. The standard InChI is InChI=1S/C20H17ClF2N8O2S/c1-8-15(16(21)29(2)27-8)34-28-12-6-5-11(22)14(13(12)23)31-18(32)10-7-25-19(24)26-17(10)30(20(31)33)9-3-4-9/h5-7,9,28H,3-4H2,1-2H3,(H2,24,25,26). The van der Waals surface area contributed by atoms with Crippen molar-refractivity contribution in [1.29, 1.82) is 0 Å². The summed E-state index contributed by atoms with van der Waals surface area (Å²) in [6.45, 7) is 1.73. The Labute approximate surface area is 199 Å². The van der Waals surface area contributed by atoms with Gasteiger partial charge in [0.25, 0.3) is 5.56 Å². The van der Waals surface area contributed by atoms with Crippen molar-refractivity contribution in [3.63, 3.8) is 0 Å². The van der Waals surface area contributed by atoms with Gasteiger partial charge in [0, 0.05) is 19.3 Å². The summed E-state index contributed by atoms with van der Waals surface area (Å²) in [7, 11) is 1.66. The molecule has 14 heteroatoms. The van der Waals surface area contributed by atoms with Gasteiger partial charge in [0.05, 0.1) is 16.3 Å². The number of hydrogen-bond donors (Lipinski definition) is 2. The molecule has 0 radical (unpaired) electrons. The Morgan fingerprint density at radius 3 is 2.65 bits per heavy atom. The van der Waals surface area contributed by atoms with Gasteiger partial charge < -0.3 is 10.5 Å². The molecule has 0 saturated heterocycles. The molecule has 0 aliphatic heterocycles. The minimum absolute atomic E-state index is 0.0357. The first kappa shape index (κ1) is 22.3. The zero-order chi connectivity index (χ0) is 24.3. The van der Waals surface area contributed by atoms with Gasteiger partial charge in [-0.1, -0.05) is 11.6 Å². The van der Waals surface area contributed by atoms with Gasteiger partial charge >= 0.3 is 5.69 Å². The lowest BCUT2D eigenvalue weighted by Crippen LogP contribution is -2.40. The molecule has 5 rings (SSSR count). The Kier molecular flexibility index (Phi) is 5.32. The van der Waals surface area contributed by atoms with E-state index in [4.69, 9.17) is 17.3 Å². The normalized spacial score (nSPS) is 13.6. The highest BCUT2D eigenvalue weighted by Crippen LogP contribution is 2.36. The zero-order valence-corrected chi connectivity index (χ0v) is 19.4. The van der Waals surface area contributed by atoms with Gasteiger partial charge in [-0.2, -0.15) is 10.1 Å². The van der Waals surface area contributed by atoms with E-state index >= 15 is 4.39 Å². The van der Waals surface area contributed by atoms with Crippen LogP contribution in [-0.2, 0) is 7.05 Å². The highest BCUT2D eigenvalue weighted by Gasteiger charge is 2.31. The van der Waals surface area contributed by atoms with Crippen LogP contribution < -0.4 is 21.7 Å². The minimum atomic E-state index is -1.12. The van der Waals surface area contributed by atoms with E-state index in [0.717, 1.165) is 30.3 Å². The number of nitrogens with one attached hydrogen (secondary N) is 1. The number of benzene rings is 1. The van der Waals surface area contributed by atoms with E-state index in [1.165, 1.54) is 9.25 Å². The number of nitrogen functional groups attached to an aromatic ring is 1. The number of hydrogen-bond acceptors (Lipinski definition) is 8. The first-order valence-electron chi connectivity index (χ1n) is 10.1. The molecular formula is C20H17ClF2N8O2S. The second-order valence-electron chi connectivity index (χ2n) is 7.78. The van der Waals surface area contributed by atoms with Crippen molar-refractivity contribution in [2.24, 2.45) is 7.05 Å². The smallest absolute Gasteiger partial charge is 0.337 e.